The Bertz CT molecular complexity index is 383. The summed E-state index contributed by atoms with van der Waals surface area (Å²) in [5, 5.41) is 0. The number of hydrogen-bond acceptors (Lipinski definition) is 3. The number of para-hydroxylation sites is 1. The van der Waals surface area contributed by atoms with Crippen molar-refractivity contribution >= 4 is 0 Å². The first-order valence-corrected chi connectivity index (χ1v) is 5.35. The molecule has 3 saturated carbocycles. The van der Waals surface area contributed by atoms with Crippen LogP contribution in [0.5, 0.6) is 5.75 Å². The van der Waals surface area contributed by atoms with Crippen molar-refractivity contribution in [2.45, 2.75) is 30.2 Å². The minimum atomic E-state index is 0.237. The van der Waals surface area contributed by atoms with Gasteiger partial charge >= 0.3 is 0 Å². The van der Waals surface area contributed by atoms with E-state index in [4.69, 9.17) is 10.6 Å². The molecule has 0 unspecified atom stereocenters. The third-order valence-corrected chi connectivity index (χ3v) is 4.01. The molecule has 3 aliphatic rings. The van der Waals surface area contributed by atoms with E-state index in [9.17, 15) is 0 Å². The summed E-state index contributed by atoms with van der Waals surface area (Å²) in [6.07, 6.45) is 3.45. The van der Waals surface area contributed by atoms with Crippen LogP contribution in [0.15, 0.2) is 24.3 Å². The van der Waals surface area contributed by atoms with Crippen LogP contribution in [-0.2, 0) is 5.41 Å². The zero-order chi connectivity index (χ0) is 10.5. The summed E-state index contributed by atoms with van der Waals surface area (Å²) in [5.41, 5.74) is 4.87. The standard InChI is InChI=1S/C12H16N2O/c1-15-10-5-3-2-4-9(10)11-6-12(7-11,8-11)14-13/h2-5,14H,6-8,13H2,1H3. The largest absolute Gasteiger partial charge is 0.496 e. The van der Waals surface area contributed by atoms with E-state index in [0.717, 1.165) is 25.0 Å². The van der Waals surface area contributed by atoms with Crippen LogP contribution in [0.4, 0.5) is 0 Å². The summed E-state index contributed by atoms with van der Waals surface area (Å²) < 4.78 is 5.41. The molecular formula is C12H16N2O. The lowest BCUT2D eigenvalue weighted by molar-refractivity contribution is -0.0892. The van der Waals surface area contributed by atoms with Gasteiger partial charge in [-0.05, 0) is 25.3 Å². The van der Waals surface area contributed by atoms with Crippen molar-refractivity contribution in [1.29, 1.82) is 0 Å². The molecule has 3 heteroatoms. The van der Waals surface area contributed by atoms with Gasteiger partial charge in [0.1, 0.15) is 5.75 Å². The van der Waals surface area contributed by atoms with Gasteiger partial charge < -0.3 is 4.74 Å². The fourth-order valence-corrected chi connectivity index (χ4v) is 3.31. The molecule has 0 atom stereocenters. The van der Waals surface area contributed by atoms with Gasteiger partial charge in [0.05, 0.1) is 7.11 Å². The molecule has 0 heterocycles. The molecule has 1 aromatic carbocycles. The average Bonchev–Trinajstić information content (AvgIpc) is 2.15. The van der Waals surface area contributed by atoms with Crippen molar-refractivity contribution in [2.75, 3.05) is 7.11 Å². The third kappa shape index (κ3) is 1.02. The Morgan fingerprint density at radius 3 is 2.53 bits per heavy atom. The molecule has 3 nitrogen and oxygen atoms in total. The van der Waals surface area contributed by atoms with Gasteiger partial charge in [-0.15, -0.1) is 0 Å². The molecular weight excluding hydrogens is 188 g/mol. The number of nitrogens with two attached hydrogens (primary N) is 1. The van der Waals surface area contributed by atoms with Crippen LogP contribution in [0.25, 0.3) is 0 Å². The van der Waals surface area contributed by atoms with Crippen molar-refractivity contribution < 1.29 is 4.74 Å². The maximum absolute atomic E-state index is 5.53. The zero-order valence-corrected chi connectivity index (χ0v) is 8.92. The Labute approximate surface area is 89.6 Å². The summed E-state index contributed by atoms with van der Waals surface area (Å²) >= 11 is 0. The lowest BCUT2D eigenvalue weighted by Crippen LogP contribution is -2.77. The first kappa shape index (κ1) is 9.19. The molecule has 3 aliphatic carbocycles. The van der Waals surface area contributed by atoms with Gasteiger partial charge in [-0.25, -0.2) is 0 Å². The Balaban J connectivity index is 1.90. The van der Waals surface area contributed by atoms with Crippen molar-refractivity contribution in [3.8, 4) is 5.75 Å². The molecule has 1 aromatic rings. The molecule has 0 radical (unpaired) electrons. The van der Waals surface area contributed by atoms with Crippen LogP contribution < -0.4 is 16.0 Å². The summed E-state index contributed by atoms with van der Waals surface area (Å²) in [6.45, 7) is 0. The first-order valence-electron chi connectivity index (χ1n) is 5.35. The topological polar surface area (TPSA) is 47.3 Å². The molecule has 0 aromatic heterocycles. The Hall–Kier alpha value is -1.06. The van der Waals surface area contributed by atoms with E-state index in [1.54, 1.807) is 7.11 Å². The molecule has 0 aliphatic heterocycles. The van der Waals surface area contributed by atoms with Gasteiger partial charge in [0.2, 0.25) is 0 Å². The van der Waals surface area contributed by atoms with Crippen molar-refractivity contribution in [1.82, 2.24) is 5.43 Å². The smallest absolute Gasteiger partial charge is 0.122 e. The zero-order valence-electron chi connectivity index (χ0n) is 8.92. The molecule has 15 heavy (non-hydrogen) atoms. The fourth-order valence-electron chi connectivity index (χ4n) is 3.31. The third-order valence-electron chi connectivity index (χ3n) is 4.01. The van der Waals surface area contributed by atoms with Gasteiger partial charge in [0, 0.05) is 16.5 Å². The van der Waals surface area contributed by atoms with E-state index in [-0.39, 0.29) is 5.54 Å². The number of benzene rings is 1. The van der Waals surface area contributed by atoms with Crippen molar-refractivity contribution in [3.63, 3.8) is 0 Å². The Morgan fingerprint density at radius 2 is 1.93 bits per heavy atom. The maximum atomic E-state index is 5.53. The molecule has 3 N–H and O–H groups in total. The van der Waals surface area contributed by atoms with Gasteiger partial charge in [0.15, 0.2) is 0 Å². The van der Waals surface area contributed by atoms with Crippen LogP contribution in [-0.4, -0.2) is 12.6 Å². The second-order valence-electron chi connectivity index (χ2n) is 4.94. The monoisotopic (exact) mass is 204 g/mol. The number of hydrogen-bond donors (Lipinski definition) is 2. The van der Waals surface area contributed by atoms with Gasteiger partial charge in [-0.3, -0.25) is 11.3 Å². The molecule has 0 spiro atoms. The minimum Gasteiger partial charge on any atom is -0.496 e. The number of methoxy groups -OCH3 is 1. The first-order chi connectivity index (χ1) is 7.24. The van der Waals surface area contributed by atoms with Crippen LogP contribution in [0.2, 0.25) is 0 Å². The highest BCUT2D eigenvalue weighted by Crippen LogP contribution is 2.68. The predicted molar refractivity (Wildman–Crippen MR) is 58.6 cm³/mol. The molecule has 3 fully saturated rings. The highest BCUT2D eigenvalue weighted by molar-refractivity contribution is 5.48. The second-order valence-corrected chi connectivity index (χ2v) is 4.94. The van der Waals surface area contributed by atoms with Crippen LogP contribution >= 0.6 is 0 Å². The van der Waals surface area contributed by atoms with E-state index in [0.29, 0.717) is 5.41 Å². The highest BCUT2D eigenvalue weighted by Gasteiger charge is 2.68. The molecule has 2 bridgehead atoms. The molecule has 0 saturated heterocycles. The van der Waals surface area contributed by atoms with Crippen LogP contribution in [0.3, 0.4) is 0 Å². The number of rotatable bonds is 3. The van der Waals surface area contributed by atoms with Gasteiger partial charge in [0.25, 0.3) is 0 Å². The SMILES string of the molecule is COc1ccccc1C12CC(NN)(C1)C2. The van der Waals surface area contributed by atoms with E-state index in [2.05, 4.69) is 17.6 Å². The van der Waals surface area contributed by atoms with Crippen molar-refractivity contribution in [2.24, 2.45) is 5.84 Å². The van der Waals surface area contributed by atoms with Crippen LogP contribution in [0.1, 0.15) is 24.8 Å². The molecule has 4 rings (SSSR count). The number of nitrogens with one attached hydrogen (secondary N) is 1. The van der Waals surface area contributed by atoms with Crippen molar-refractivity contribution in [3.05, 3.63) is 29.8 Å². The highest BCUT2D eigenvalue weighted by atomic mass is 16.5. The quantitative estimate of drug-likeness (QED) is 0.577. The summed E-state index contributed by atoms with van der Waals surface area (Å²) in [4.78, 5) is 0. The number of ether oxygens (including phenoxy) is 1. The number of hydrazine groups is 1. The minimum absolute atomic E-state index is 0.237. The fraction of sp³-hybridized carbons (Fsp3) is 0.500. The van der Waals surface area contributed by atoms with Crippen LogP contribution in [0, 0.1) is 0 Å². The average molecular weight is 204 g/mol. The lowest BCUT2D eigenvalue weighted by atomic mass is 9.37. The maximum Gasteiger partial charge on any atom is 0.122 e. The van der Waals surface area contributed by atoms with Gasteiger partial charge in [-0.2, -0.15) is 0 Å². The van der Waals surface area contributed by atoms with E-state index < -0.39 is 0 Å². The van der Waals surface area contributed by atoms with Gasteiger partial charge in [-0.1, -0.05) is 18.2 Å². The predicted octanol–water partition coefficient (Wildman–Crippen LogP) is 1.33. The second kappa shape index (κ2) is 2.74. The Morgan fingerprint density at radius 1 is 1.27 bits per heavy atom. The lowest BCUT2D eigenvalue weighted by Gasteiger charge is -2.70. The summed E-state index contributed by atoms with van der Waals surface area (Å²) in [5.74, 6) is 6.55. The molecule has 0 amide bonds. The van der Waals surface area contributed by atoms with E-state index >= 15 is 0 Å². The summed E-state index contributed by atoms with van der Waals surface area (Å²) in [6, 6.07) is 8.32. The molecule has 80 valence electrons. The normalized spacial score (nSPS) is 36.7. The Kier molecular flexibility index (Phi) is 1.68. The van der Waals surface area contributed by atoms with E-state index in [1.165, 1.54) is 5.56 Å². The summed E-state index contributed by atoms with van der Waals surface area (Å²) in [7, 11) is 1.74. The van der Waals surface area contributed by atoms with E-state index in [1.807, 2.05) is 12.1 Å².